The first-order valence-corrected chi connectivity index (χ1v) is 6.56. The number of benzene rings is 2. The van der Waals surface area contributed by atoms with E-state index in [0.29, 0.717) is 17.7 Å². The maximum Gasteiger partial charge on any atom is 0.251 e. The predicted molar refractivity (Wildman–Crippen MR) is 74.8 cm³/mol. The molecule has 0 spiro atoms. The predicted octanol–water partition coefficient (Wildman–Crippen LogP) is 2.88. The van der Waals surface area contributed by atoms with E-state index < -0.39 is 29.5 Å². The number of aliphatic hydroxyl groups excluding tert-OH is 1. The van der Waals surface area contributed by atoms with Gasteiger partial charge in [0.25, 0.3) is 5.91 Å². The number of halogens is 3. The molecule has 2 N–H and O–H groups in total. The summed E-state index contributed by atoms with van der Waals surface area (Å²) in [6.07, 6.45) is -0.958. The van der Waals surface area contributed by atoms with Crippen molar-refractivity contribution in [2.75, 3.05) is 6.54 Å². The summed E-state index contributed by atoms with van der Waals surface area (Å²) < 4.78 is 39.0. The fourth-order valence-electron chi connectivity index (χ4n) is 2.05. The Morgan fingerprint density at radius 2 is 1.77 bits per heavy atom. The summed E-state index contributed by atoms with van der Waals surface area (Å²) in [7, 11) is 0. The number of hydrogen-bond acceptors (Lipinski definition) is 2. The molecule has 2 aromatic carbocycles. The minimum atomic E-state index is -1.63. The minimum absolute atomic E-state index is 0.135. The third-order valence-corrected chi connectivity index (χ3v) is 3.25. The average Bonchev–Trinajstić information content (AvgIpc) is 2.49. The van der Waals surface area contributed by atoms with Crippen LogP contribution >= 0.6 is 0 Å². The van der Waals surface area contributed by atoms with Crippen molar-refractivity contribution < 1.29 is 23.1 Å². The Balaban J connectivity index is 2.06. The topological polar surface area (TPSA) is 49.3 Å². The molecule has 22 heavy (non-hydrogen) atoms. The van der Waals surface area contributed by atoms with Crippen LogP contribution in [-0.2, 0) is 0 Å². The molecule has 1 unspecified atom stereocenters. The van der Waals surface area contributed by atoms with Crippen LogP contribution in [0.5, 0.6) is 0 Å². The highest BCUT2D eigenvalue weighted by Gasteiger charge is 2.16. The first-order valence-electron chi connectivity index (χ1n) is 6.56. The van der Waals surface area contributed by atoms with E-state index >= 15 is 0 Å². The van der Waals surface area contributed by atoms with Crippen LogP contribution in [0.2, 0.25) is 0 Å². The van der Waals surface area contributed by atoms with E-state index in [2.05, 4.69) is 5.32 Å². The van der Waals surface area contributed by atoms with Crippen LogP contribution in [-0.4, -0.2) is 17.6 Å². The van der Waals surface area contributed by atoms with E-state index in [9.17, 15) is 23.1 Å². The van der Waals surface area contributed by atoms with Crippen molar-refractivity contribution in [1.82, 2.24) is 5.32 Å². The summed E-state index contributed by atoms with van der Waals surface area (Å²) in [4.78, 5) is 11.8. The molecule has 0 saturated heterocycles. The summed E-state index contributed by atoms with van der Waals surface area (Å²) in [6, 6.07) is 8.29. The van der Waals surface area contributed by atoms with Gasteiger partial charge in [-0.3, -0.25) is 4.79 Å². The molecule has 2 rings (SSSR count). The van der Waals surface area contributed by atoms with Crippen molar-refractivity contribution in [2.24, 2.45) is 0 Å². The third-order valence-electron chi connectivity index (χ3n) is 3.25. The second kappa shape index (κ2) is 6.62. The standard InChI is InChI=1S/C16H14F3NO2/c1-9-4-2-3-5-11(9)14(21)8-20-16(22)10-6-12(17)15(19)13(18)7-10/h2-7,14,21H,8H2,1H3,(H,20,22). The quantitative estimate of drug-likeness (QED) is 0.853. The first-order chi connectivity index (χ1) is 10.4. The zero-order chi connectivity index (χ0) is 16.3. The average molecular weight is 309 g/mol. The van der Waals surface area contributed by atoms with Crippen LogP contribution in [0.1, 0.15) is 27.6 Å². The van der Waals surface area contributed by atoms with Crippen molar-refractivity contribution in [3.8, 4) is 0 Å². The fraction of sp³-hybridized carbons (Fsp3) is 0.188. The number of carbonyl (C=O) groups is 1. The monoisotopic (exact) mass is 309 g/mol. The Hall–Kier alpha value is -2.34. The van der Waals surface area contributed by atoms with Crippen LogP contribution in [0.15, 0.2) is 36.4 Å². The smallest absolute Gasteiger partial charge is 0.251 e. The maximum absolute atomic E-state index is 13.1. The molecule has 0 saturated carbocycles. The Morgan fingerprint density at radius 3 is 2.36 bits per heavy atom. The lowest BCUT2D eigenvalue weighted by Gasteiger charge is -2.14. The molecule has 0 bridgehead atoms. The van der Waals surface area contributed by atoms with Gasteiger partial charge in [0, 0.05) is 12.1 Å². The Bertz CT molecular complexity index is 681. The number of amides is 1. The van der Waals surface area contributed by atoms with Gasteiger partial charge in [-0.25, -0.2) is 13.2 Å². The number of aryl methyl sites for hydroxylation is 1. The molecular formula is C16H14F3NO2. The van der Waals surface area contributed by atoms with Crippen molar-refractivity contribution in [3.05, 3.63) is 70.5 Å². The third kappa shape index (κ3) is 3.46. The molecule has 2 aromatic rings. The van der Waals surface area contributed by atoms with E-state index in [1.165, 1.54) is 0 Å². The van der Waals surface area contributed by atoms with Crippen LogP contribution in [0.25, 0.3) is 0 Å². The zero-order valence-corrected chi connectivity index (χ0v) is 11.7. The lowest BCUT2D eigenvalue weighted by molar-refractivity contribution is 0.0915. The first kappa shape index (κ1) is 16.0. The Morgan fingerprint density at radius 1 is 1.18 bits per heavy atom. The number of nitrogens with one attached hydrogen (secondary N) is 1. The molecule has 0 radical (unpaired) electrons. The van der Waals surface area contributed by atoms with Crippen molar-refractivity contribution in [2.45, 2.75) is 13.0 Å². The fourth-order valence-corrected chi connectivity index (χ4v) is 2.05. The highest BCUT2D eigenvalue weighted by molar-refractivity contribution is 5.94. The highest BCUT2D eigenvalue weighted by Crippen LogP contribution is 2.17. The van der Waals surface area contributed by atoms with E-state index in [4.69, 9.17) is 0 Å². The molecule has 1 amide bonds. The SMILES string of the molecule is Cc1ccccc1C(O)CNC(=O)c1cc(F)c(F)c(F)c1. The zero-order valence-electron chi connectivity index (χ0n) is 11.7. The summed E-state index contributed by atoms with van der Waals surface area (Å²) in [5.74, 6) is -5.31. The van der Waals surface area contributed by atoms with Gasteiger partial charge in [-0.15, -0.1) is 0 Å². The largest absolute Gasteiger partial charge is 0.387 e. The van der Waals surface area contributed by atoms with Gasteiger partial charge in [0.2, 0.25) is 0 Å². The highest BCUT2D eigenvalue weighted by atomic mass is 19.2. The molecule has 6 heteroatoms. The maximum atomic E-state index is 13.1. The molecule has 3 nitrogen and oxygen atoms in total. The summed E-state index contributed by atoms with van der Waals surface area (Å²) in [5, 5.41) is 12.4. The molecule has 0 aliphatic carbocycles. The second-order valence-corrected chi connectivity index (χ2v) is 4.84. The van der Waals surface area contributed by atoms with E-state index in [1.807, 2.05) is 19.1 Å². The van der Waals surface area contributed by atoms with Gasteiger partial charge < -0.3 is 10.4 Å². The molecule has 0 heterocycles. The molecule has 0 aliphatic rings. The van der Waals surface area contributed by atoms with Crippen molar-refractivity contribution in [1.29, 1.82) is 0 Å². The van der Waals surface area contributed by atoms with Crippen LogP contribution in [0.3, 0.4) is 0 Å². The van der Waals surface area contributed by atoms with E-state index in [1.54, 1.807) is 12.1 Å². The number of hydrogen-bond donors (Lipinski definition) is 2. The van der Waals surface area contributed by atoms with Crippen LogP contribution in [0.4, 0.5) is 13.2 Å². The van der Waals surface area contributed by atoms with Crippen molar-refractivity contribution >= 4 is 5.91 Å². The molecule has 0 aliphatic heterocycles. The molecule has 116 valence electrons. The van der Waals surface area contributed by atoms with Gasteiger partial charge in [0.1, 0.15) is 0 Å². The van der Waals surface area contributed by atoms with Crippen molar-refractivity contribution in [3.63, 3.8) is 0 Å². The summed E-state index contributed by atoms with van der Waals surface area (Å²) in [5.41, 5.74) is 1.13. The lowest BCUT2D eigenvalue weighted by atomic mass is 10.0. The van der Waals surface area contributed by atoms with Gasteiger partial charge in [-0.1, -0.05) is 24.3 Å². The van der Waals surface area contributed by atoms with E-state index in [-0.39, 0.29) is 12.1 Å². The summed E-state index contributed by atoms with van der Waals surface area (Å²) >= 11 is 0. The van der Waals surface area contributed by atoms with Gasteiger partial charge >= 0.3 is 0 Å². The van der Waals surface area contributed by atoms with Gasteiger partial charge in [-0.2, -0.15) is 0 Å². The number of carbonyl (C=O) groups excluding carboxylic acids is 1. The lowest BCUT2D eigenvalue weighted by Crippen LogP contribution is -2.29. The minimum Gasteiger partial charge on any atom is -0.387 e. The molecular weight excluding hydrogens is 295 g/mol. The molecule has 0 fully saturated rings. The van der Waals surface area contributed by atoms with Gasteiger partial charge in [0.15, 0.2) is 17.5 Å². The Kier molecular flexibility index (Phi) is 4.82. The Labute approximate surface area is 125 Å². The van der Waals surface area contributed by atoms with Crippen LogP contribution < -0.4 is 5.32 Å². The van der Waals surface area contributed by atoms with Crippen LogP contribution in [0, 0.1) is 24.4 Å². The summed E-state index contributed by atoms with van der Waals surface area (Å²) in [6.45, 7) is 1.68. The molecule has 1 atom stereocenters. The number of rotatable bonds is 4. The van der Waals surface area contributed by atoms with Gasteiger partial charge in [0.05, 0.1) is 6.10 Å². The van der Waals surface area contributed by atoms with Gasteiger partial charge in [-0.05, 0) is 30.2 Å². The second-order valence-electron chi connectivity index (χ2n) is 4.84. The van der Waals surface area contributed by atoms with E-state index in [0.717, 1.165) is 5.56 Å². The normalized spacial score (nSPS) is 12.0. The number of aliphatic hydroxyl groups is 1. The molecule has 0 aromatic heterocycles.